The monoisotopic (exact) mass is 315 g/mol. The zero-order valence-electron chi connectivity index (χ0n) is 13.3. The fraction of sp³-hybridized carbons (Fsp3) is 0.105. The largest absolute Gasteiger partial charge is 0.360 e. The summed E-state index contributed by atoms with van der Waals surface area (Å²) in [6, 6.07) is 14.3. The van der Waals surface area contributed by atoms with Crippen LogP contribution in [0.4, 0.5) is 0 Å². The predicted octanol–water partition coefficient (Wildman–Crippen LogP) is 3.76. The van der Waals surface area contributed by atoms with Crippen molar-refractivity contribution in [1.82, 2.24) is 25.1 Å². The standard InChI is InChI=1S/C19H17N5/c1-13-9-19(24-23-13)18-12-15(5-8-22-18)10-14-4-7-21-17(11-14)16-3-2-6-20-16/h2-9,11-12,20H,10H2,1H3,(H,23,24). The molecule has 0 unspecified atom stereocenters. The Labute approximate surface area is 139 Å². The number of pyridine rings is 2. The van der Waals surface area contributed by atoms with Crippen molar-refractivity contribution in [2.24, 2.45) is 0 Å². The first kappa shape index (κ1) is 14.4. The lowest BCUT2D eigenvalue weighted by molar-refractivity contribution is 1.04. The van der Waals surface area contributed by atoms with Crippen LogP contribution in [0.3, 0.4) is 0 Å². The molecule has 4 heterocycles. The molecular formula is C19H17N5. The lowest BCUT2D eigenvalue weighted by atomic mass is 10.0. The lowest BCUT2D eigenvalue weighted by Crippen LogP contribution is -1.93. The van der Waals surface area contributed by atoms with Gasteiger partial charge in [0, 0.05) is 24.3 Å². The third kappa shape index (κ3) is 2.96. The first-order valence-electron chi connectivity index (χ1n) is 7.84. The van der Waals surface area contributed by atoms with E-state index in [1.54, 1.807) is 0 Å². The van der Waals surface area contributed by atoms with Gasteiger partial charge in [-0.05, 0) is 66.9 Å². The van der Waals surface area contributed by atoms with Gasteiger partial charge in [0.05, 0.1) is 17.1 Å². The Kier molecular flexibility index (Phi) is 3.67. The van der Waals surface area contributed by atoms with Gasteiger partial charge in [-0.1, -0.05) is 0 Å². The van der Waals surface area contributed by atoms with E-state index in [2.05, 4.69) is 37.3 Å². The van der Waals surface area contributed by atoms with E-state index in [0.29, 0.717) is 0 Å². The van der Waals surface area contributed by atoms with Gasteiger partial charge in [-0.2, -0.15) is 5.10 Å². The van der Waals surface area contributed by atoms with Gasteiger partial charge in [-0.15, -0.1) is 0 Å². The number of aryl methyl sites for hydroxylation is 1. The summed E-state index contributed by atoms with van der Waals surface area (Å²) in [5.41, 5.74) is 7.18. The van der Waals surface area contributed by atoms with Crippen molar-refractivity contribution in [3.63, 3.8) is 0 Å². The molecule has 4 rings (SSSR count). The van der Waals surface area contributed by atoms with Crippen LogP contribution in [0, 0.1) is 6.92 Å². The van der Waals surface area contributed by atoms with Crippen LogP contribution in [0.1, 0.15) is 16.8 Å². The Balaban J connectivity index is 1.61. The molecule has 0 fully saturated rings. The third-order valence-electron chi connectivity index (χ3n) is 3.90. The van der Waals surface area contributed by atoms with Crippen LogP contribution in [0.2, 0.25) is 0 Å². The van der Waals surface area contributed by atoms with E-state index in [4.69, 9.17) is 0 Å². The Bertz CT molecular complexity index is 953. The fourth-order valence-corrected chi connectivity index (χ4v) is 2.73. The van der Waals surface area contributed by atoms with Crippen LogP contribution in [0.15, 0.2) is 61.1 Å². The van der Waals surface area contributed by atoms with Crippen molar-refractivity contribution >= 4 is 0 Å². The van der Waals surface area contributed by atoms with Crippen molar-refractivity contribution < 1.29 is 0 Å². The highest BCUT2D eigenvalue weighted by molar-refractivity contribution is 5.57. The number of rotatable bonds is 4. The number of aromatic amines is 2. The third-order valence-corrected chi connectivity index (χ3v) is 3.90. The predicted molar refractivity (Wildman–Crippen MR) is 93.4 cm³/mol. The van der Waals surface area contributed by atoms with Crippen LogP contribution in [0.5, 0.6) is 0 Å². The van der Waals surface area contributed by atoms with Crippen molar-refractivity contribution in [2.75, 3.05) is 0 Å². The Hall–Kier alpha value is -3.21. The SMILES string of the molecule is Cc1cc(-c2cc(Cc3ccnc(-c4ccc[nH]4)c3)ccn2)n[nH]1. The highest BCUT2D eigenvalue weighted by Gasteiger charge is 2.06. The number of nitrogens with one attached hydrogen (secondary N) is 2. The molecule has 2 N–H and O–H groups in total. The Morgan fingerprint density at radius 1 is 0.875 bits per heavy atom. The van der Waals surface area contributed by atoms with Gasteiger partial charge in [0.1, 0.15) is 5.69 Å². The minimum absolute atomic E-state index is 0.829. The minimum Gasteiger partial charge on any atom is -0.360 e. The summed E-state index contributed by atoms with van der Waals surface area (Å²) in [4.78, 5) is 12.0. The number of aromatic nitrogens is 5. The molecule has 118 valence electrons. The average molecular weight is 315 g/mol. The molecule has 0 aromatic carbocycles. The molecule has 0 saturated heterocycles. The molecule has 0 saturated carbocycles. The molecule has 0 radical (unpaired) electrons. The van der Waals surface area contributed by atoms with E-state index in [9.17, 15) is 0 Å². The smallest absolute Gasteiger partial charge is 0.111 e. The summed E-state index contributed by atoms with van der Waals surface area (Å²) in [6.45, 7) is 1.99. The molecule has 24 heavy (non-hydrogen) atoms. The second kappa shape index (κ2) is 6.12. The molecule has 0 aliphatic rings. The molecule has 5 nitrogen and oxygen atoms in total. The van der Waals surface area contributed by atoms with Crippen molar-refractivity contribution in [1.29, 1.82) is 0 Å². The van der Waals surface area contributed by atoms with Crippen LogP contribution < -0.4 is 0 Å². The topological polar surface area (TPSA) is 70.2 Å². The normalized spacial score (nSPS) is 10.9. The maximum absolute atomic E-state index is 4.43. The number of hydrogen-bond donors (Lipinski definition) is 2. The van der Waals surface area contributed by atoms with E-state index in [0.717, 1.165) is 34.9 Å². The number of hydrogen-bond acceptors (Lipinski definition) is 3. The van der Waals surface area contributed by atoms with Crippen LogP contribution >= 0.6 is 0 Å². The van der Waals surface area contributed by atoms with E-state index in [-0.39, 0.29) is 0 Å². The fourth-order valence-electron chi connectivity index (χ4n) is 2.73. The molecular weight excluding hydrogens is 298 g/mol. The van der Waals surface area contributed by atoms with E-state index in [1.165, 1.54) is 11.1 Å². The summed E-state index contributed by atoms with van der Waals surface area (Å²) in [5, 5.41) is 7.24. The van der Waals surface area contributed by atoms with Gasteiger partial charge in [0.15, 0.2) is 0 Å². The van der Waals surface area contributed by atoms with E-state index in [1.807, 2.05) is 55.8 Å². The molecule has 0 bridgehead atoms. The van der Waals surface area contributed by atoms with Crippen LogP contribution in [-0.4, -0.2) is 25.1 Å². The van der Waals surface area contributed by atoms with Gasteiger partial charge in [-0.3, -0.25) is 15.1 Å². The Morgan fingerprint density at radius 2 is 1.62 bits per heavy atom. The van der Waals surface area contributed by atoms with Gasteiger partial charge in [0.2, 0.25) is 0 Å². The van der Waals surface area contributed by atoms with Crippen molar-refractivity contribution in [3.05, 3.63) is 77.9 Å². The first-order valence-corrected chi connectivity index (χ1v) is 7.84. The molecule has 0 atom stereocenters. The number of H-pyrrole nitrogens is 2. The highest BCUT2D eigenvalue weighted by Crippen LogP contribution is 2.20. The van der Waals surface area contributed by atoms with Gasteiger partial charge in [-0.25, -0.2) is 0 Å². The molecule has 4 aromatic rings. The van der Waals surface area contributed by atoms with Gasteiger partial charge < -0.3 is 4.98 Å². The summed E-state index contributed by atoms with van der Waals surface area (Å²) >= 11 is 0. The van der Waals surface area contributed by atoms with E-state index < -0.39 is 0 Å². The minimum atomic E-state index is 0.829. The van der Waals surface area contributed by atoms with Crippen molar-refractivity contribution in [3.8, 4) is 22.8 Å². The van der Waals surface area contributed by atoms with Crippen LogP contribution in [0.25, 0.3) is 22.8 Å². The van der Waals surface area contributed by atoms with Gasteiger partial charge in [0.25, 0.3) is 0 Å². The summed E-state index contributed by atoms with van der Waals surface area (Å²) in [7, 11) is 0. The molecule has 0 aliphatic carbocycles. The Morgan fingerprint density at radius 3 is 2.29 bits per heavy atom. The summed E-state index contributed by atoms with van der Waals surface area (Å²) in [6.07, 6.45) is 6.42. The number of nitrogens with zero attached hydrogens (tertiary/aromatic N) is 3. The average Bonchev–Trinajstić information content (AvgIpc) is 3.27. The summed E-state index contributed by atoms with van der Waals surface area (Å²) < 4.78 is 0. The van der Waals surface area contributed by atoms with E-state index >= 15 is 0 Å². The second-order valence-corrected chi connectivity index (χ2v) is 5.80. The molecule has 0 aliphatic heterocycles. The molecule has 0 amide bonds. The summed E-state index contributed by atoms with van der Waals surface area (Å²) in [5.74, 6) is 0. The van der Waals surface area contributed by atoms with Crippen molar-refractivity contribution in [2.45, 2.75) is 13.3 Å². The lowest BCUT2D eigenvalue weighted by Gasteiger charge is -2.05. The van der Waals surface area contributed by atoms with Gasteiger partial charge >= 0.3 is 0 Å². The highest BCUT2D eigenvalue weighted by atomic mass is 15.1. The maximum atomic E-state index is 4.43. The molecule has 4 aromatic heterocycles. The molecule has 0 spiro atoms. The maximum Gasteiger partial charge on any atom is 0.111 e. The van der Waals surface area contributed by atoms with Crippen LogP contribution in [-0.2, 0) is 6.42 Å². The molecule has 5 heteroatoms. The second-order valence-electron chi connectivity index (χ2n) is 5.80. The zero-order valence-corrected chi connectivity index (χ0v) is 13.3. The quantitative estimate of drug-likeness (QED) is 0.602. The first-order chi connectivity index (χ1) is 11.8. The zero-order chi connectivity index (χ0) is 16.4.